The van der Waals surface area contributed by atoms with Crippen LogP contribution in [0.3, 0.4) is 0 Å². The normalized spacial score (nSPS) is 10.4. The number of nitrogens with one attached hydrogen (secondary N) is 2. The van der Waals surface area contributed by atoms with Crippen molar-refractivity contribution in [2.24, 2.45) is 0 Å². The first-order chi connectivity index (χ1) is 13.4. The van der Waals surface area contributed by atoms with Crippen molar-refractivity contribution in [1.29, 1.82) is 0 Å². The van der Waals surface area contributed by atoms with Crippen LogP contribution in [0.2, 0.25) is 5.02 Å². The molecule has 0 unspecified atom stereocenters. The van der Waals surface area contributed by atoms with Gasteiger partial charge in [0.05, 0.1) is 12.1 Å². The van der Waals surface area contributed by atoms with E-state index in [2.05, 4.69) is 10.6 Å². The van der Waals surface area contributed by atoms with Crippen LogP contribution in [0.5, 0.6) is 0 Å². The quantitative estimate of drug-likeness (QED) is 0.383. The third-order valence-electron chi connectivity index (χ3n) is 3.94. The SMILES string of the molecule is COC(=O)c1c(NC(=S)Nc2ccc(F)c(Cl)c2)sc(C)c1-c1ccccc1. The van der Waals surface area contributed by atoms with Gasteiger partial charge in [0.15, 0.2) is 5.11 Å². The molecule has 2 aromatic carbocycles. The molecule has 0 saturated heterocycles. The number of esters is 1. The van der Waals surface area contributed by atoms with E-state index in [1.54, 1.807) is 0 Å². The molecule has 0 aliphatic carbocycles. The molecule has 144 valence electrons. The van der Waals surface area contributed by atoms with E-state index in [1.807, 2.05) is 37.3 Å². The zero-order valence-electron chi connectivity index (χ0n) is 15.0. The summed E-state index contributed by atoms with van der Waals surface area (Å²) in [4.78, 5) is 13.4. The van der Waals surface area contributed by atoms with Gasteiger partial charge in [-0.1, -0.05) is 41.9 Å². The van der Waals surface area contributed by atoms with E-state index in [1.165, 1.54) is 36.6 Å². The van der Waals surface area contributed by atoms with Crippen LogP contribution >= 0.6 is 35.2 Å². The highest BCUT2D eigenvalue weighted by Crippen LogP contribution is 2.40. The lowest BCUT2D eigenvalue weighted by molar-refractivity contribution is 0.0603. The van der Waals surface area contributed by atoms with Gasteiger partial charge in [-0.05, 0) is 42.9 Å². The lowest BCUT2D eigenvalue weighted by Crippen LogP contribution is -2.20. The Balaban J connectivity index is 1.92. The fourth-order valence-corrected chi connectivity index (χ4v) is 4.26. The second-order valence-corrected chi connectivity index (χ2v) is 7.84. The van der Waals surface area contributed by atoms with Crippen molar-refractivity contribution in [3.63, 3.8) is 0 Å². The van der Waals surface area contributed by atoms with Gasteiger partial charge in [0.2, 0.25) is 0 Å². The highest BCUT2D eigenvalue weighted by atomic mass is 35.5. The Labute approximate surface area is 176 Å². The van der Waals surface area contributed by atoms with Crippen molar-refractivity contribution < 1.29 is 13.9 Å². The van der Waals surface area contributed by atoms with Crippen LogP contribution in [-0.2, 0) is 4.74 Å². The van der Waals surface area contributed by atoms with Gasteiger partial charge in [-0.25, -0.2) is 9.18 Å². The minimum absolute atomic E-state index is 0.0126. The molecule has 0 saturated carbocycles. The van der Waals surface area contributed by atoms with Gasteiger partial charge >= 0.3 is 5.97 Å². The summed E-state index contributed by atoms with van der Waals surface area (Å²) < 4.78 is 18.3. The molecule has 0 fully saturated rings. The number of benzene rings is 2. The Morgan fingerprint density at radius 3 is 2.54 bits per heavy atom. The summed E-state index contributed by atoms with van der Waals surface area (Å²) in [5, 5.41) is 6.77. The number of halogens is 2. The number of anilines is 2. The minimum Gasteiger partial charge on any atom is -0.465 e. The third kappa shape index (κ3) is 4.32. The first kappa shape index (κ1) is 20.3. The number of rotatable bonds is 4. The molecule has 3 rings (SSSR count). The molecule has 0 bridgehead atoms. The molecule has 8 heteroatoms. The van der Waals surface area contributed by atoms with Crippen LogP contribution in [0.4, 0.5) is 15.1 Å². The first-order valence-electron chi connectivity index (χ1n) is 8.21. The smallest absolute Gasteiger partial charge is 0.341 e. The maximum absolute atomic E-state index is 13.3. The highest BCUT2D eigenvalue weighted by molar-refractivity contribution is 7.80. The molecule has 1 aromatic heterocycles. The van der Waals surface area contributed by atoms with Gasteiger partial charge in [0, 0.05) is 16.1 Å². The van der Waals surface area contributed by atoms with Gasteiger partial charge in [-0.15, -0.1) is 11.3 Å². The highest BCUT2D eigenvalue weighted by Gasteiger charge is 2.24. The standard InChI is InChI=1S/C20H16ClFN2O2S2/c1-11-16(12-6-4-3-5-7-12)17(19(25)26-2)18(28-11)24-20(27)23-13-8-9-15(22)14(21)10-13/h3-10H,1-2H3,(H2,23,24,27). The second kappa shape index (κ2) is 8.68. The summed E-state index contributed by atoms with van der Waals surface area (Å²) >= 11 is 12.5. The van der Waals surface area contributed by atoms with Crippen molar-refractivity contribution in [2.45, 2.75) is 6.92 Å². The van der Waals surface area contributed by atoms with Crippen LogP contribution in [0, 0.1) is 12.7 Å². The van der Waals surface area contributed by atoms with Gasteiger partial charge in [-0.2, -0.15) is 0 Å². The fraction of sp³-hybridized carbons (Fsp3) is 0.100. The van der Waals surface area contributed by atoms with Crippen molar-refractivity contribution in [2.75, 3.05) is 17.7 Å². The summed E-state index contributed by atoms with van der Waals surface area (Å²) in [5.74, 6) is -0.973. The van der Waals surface area contributed by atoms with Gasteiger partial charge < -0.3 is 15.4 Å². The molecule has 0 atom stereocenters. The lowest BCUT2D eigenvalue weighted by atomic mass is 10.0. The van der Waals surface area contributed by atoms with Gasteiger partial charge in [0.25, 0.3) is 0 Å². The van der Waals surface area contributed by atoms with E-state index in [0.29, 0.717) is 16.3 Å². The first-order valence-corrected chi connectivity index (χ1v) is 9.81. The maximum atomic E-state index is 13.3. The summed E-state index contributed by atoms with van der Waals surface area (Å²) in [6.45, 7) is 1.93. The second-order valence-electron chi connectivity index (χ2n) is 5.80. The molecule has 4 nitrogen and oxygen atoms in total. The number of methoxy groups -OCH3 is 1. The van der Waals surface area contributed by atoms with Crippen molar-refractivity contribution in [3.05, 3.63) is 69.8 Å². The van der Waals surface area contributed by atoms with E-state index in [0.717, 1.165) is 16.0 Å². The summed E-state index contributed by atoms with van der Waals surface area (Å²) in [6.07, 6.45) is 0. The van der Waals surface area contributed by atoms with Crippen LogP contribution in [0.25, 0.3) is 11.1 Å². The van der Waals surface area contributed by atoms with Gasteiger partial charge in [0.1, 0.15) is 16.4 Å². The van der Waals surface area contributed by atoms with Crippen LogP contribution < -0.4 is 10.6 Å². The molecule has 1 heterocycles. The number of hydrogen-bond donors (Lipinski definition) is 2. The zero-order valence-corrected chi connectivity index (χ0v) is 17.4. The summed E-state index contributed by atoms with van der Waals surface area (Å²) in [6, 6.07) is 13.8. The van der Waals surface area contributed by atoms with E-state index < -0.39 is 11.8 Å². The summed E-state index contributed by atoms with van der Waals surface area (Å²) in [7, 11) is 1.34. The number of hydrogen-bond acceptors (Lipinski definition) is 4. The fourth-order valence-electron chi connectivity index (χ4n) is 2.72. The van der Waals surface area contributed by atoms with Crippen molar-refractivity contribution in [3.8, 4) is 11.1 Å². The molecule has 0 amide bonds. The van der Waals surface area contributed by atoms with Crippen molar-refractivity contribution in [1.82, 2.24) is 0 Å². The van der Waals surface area contributed by atoms with Gasteiger partial charge in [-0.3, -0.25) is 0 Å². The largest absolute Gasteiger partial charge is 0.465 e. The van der Waals surface area contributed by atoms with Crippen LogP contribution in [0.15, 0.2) is 48.5 Å². The average molecular weight is 435 g/mol. The number of thiocarbonyl (C=S) groups is 1. The predicted molar refractivity (Wildman–Crippen MR) is 117 cm³/mol. The van der Waals surface area contributed by atoms with Crippen LogP contribution in [-0.4, -0.2) is 18.2 Å². The predicted octanol–water partition coefficient (Wildman–Crippen LogP) is 6.11. The number of carbonyl (C=O) groups is 1. The third-order valence-corrected chi connectivity index (χ3v) is 5.46. The Bertz CT molecular complexity index is 1040. The molecule has 0 radical (unpaired) electrons. The van der Waals surface area contributed by atoms with Crippen LogP contribution in [0.1, 0.15) is 15.2 Å². The van der Waals surface area contributed by atoms with E-state index >= 15 is 0 Å². The Morgan fingerprint density at radius 1 is 1.18 bits per heavy atom. The Hall–Kier alpha value is -2.48. The topological polar surface area (TPSA) is 50.4 Å². The van der Waals surface area contributed by atoms with E-state index in [4.69, 9.17) is 28.6 Å². The molecular formula is C20H16ClFN2O2S2. The van der Waals surface area contributed by atoms with E-state index in [9.17, 15) is 9.18 Å². The number of carbonyl (C=O) groups excluding carboxylic acids is 1. The molecule has 3 aromatic rings. The molecule has 2 N–H and O–H groups in total. The number of thiophene rings is 1. The monoisotopic (exact) mass is 434 g/mol. The lowest BCUT2D eigenvalue weighted by Gasteiger charge is -2.11. The molecule has 0 spiro atoms. The molecule has 28 heavy (non-hydrogen) atoms. The minimum atomic E-state index is -0.513. The molecule has 0 aliphatic rings. The molecule has 0 aliphatic heterocycles. The molecular weight excluding hydrogens is 419 g/mol. The van der Waals surface area contributed by atoms with E-state index in [-0.39, 0.29) is 10.1 Å². The Morgan fingerprint density at radius 2 is 1.89 bits per heavy atom. The Kier molecular flexibility index (Phi) is 6.28. The average Bonchev–Trinajstić information content (AvgIpc) is 3.00. The summed E-state index contributed by atoms with van der Waals surface area (Å²) in [5.41, 5.74) is 2.65. The number of aryl methyl sites for hydroxylation is 1. The maximum Gasteiger partial charge on any atom is 0.341 e. The number of ether oxygens (including phenoxy) is 1. The zero-order chi connectivity index (χ0) is 20.3. The van der Waals surface area contributed by atoms with Crippen molar-refractivity contribution >= 4 is 56.9 Å².